The summed E-state index contributed by atoms with van der Waals surface area (Å²) < 4.78 is 17.8. The molecule has 10 heterocycles. The van der Waals surface area contributed by atoms with Crippen LogP contribution in [0.1, 0.15) is 319 Å². The number of amides is 2. The molecular formula is C117H152N20O10. The first-order valence-corrected chi connectivity index (χ1v) is 54.2. The van der Waals surface area contributed by atoms with Crippen LogP contribution in [0.25, 0.3) is 44.7 Å². The van der Waals surface area contributed by atoms with Crippen molar-refractivity contribution in [3.05, 3.63) is 314 Å². The summed E-state index contributed by atoms with van der Waals surface area (Å²) in [4.78, 5) is 148. The van der Waals surface area contributed by atoms with Crippen LogP contribution in [0.15, 0.2) is 184 Å². The Morgan fingerprint density at radius 3 is 0.912 bits per heavy atom. The molecule has 14 aromatic rings. The number of fused-ring (bicyclic) bond motifs is 9. The summed E-state index contributed by atoms with van der Waals surface area (Å²) in [5.74, 6) is 5.93. The lowest BCUT2D eigenvalue weighted by atomic mass is 9.94. The molecule has 147 heavy (non-hydrogen) atoms. The second-order valence-corrected chi connectivity index (χ2v) is 41.9. The minimum atomic E-state index is -0.345. The van der Waals surface area contributed by atoms with E-state index in [2.05, 4.69) is 156 Å². The van der Waals surface area contributed by atoms with Crippen LogP contribution in [0.4, 0.5) is 0 Å². The summed E-state index contributed by atoms with van der Waals surface area (Å²) in [7, 11) is 20.2. The molecule has 5 aliphatic carbocycles. The SMILES string of the molecule is Cn1c(=O)c2c(nc(CCCCCC3CCc4ccccc43)n2C)n(C)c1=O.Cn1c(=O)c2c(nc(CCCCCCCC3CCc4ccccc43)n2C)n(C)c1=O.Cn1c(=O)c2c(nc(CCCCCCCCCC3CCc4ccccc43)n2C)n(C)c1=O.Cn1c(=O)c2c(nc(CCCCN3CCCC3c3cccnc3)n2C)n(C)c1=O.O=C(CCCCC(=O)NC1CCc2ccccc21)NC1CCc2ccccc21. The molecule has 6 unspecified atom stereocenters. The Morgan fingerprint density at radius 1 is 0.299 bits per heavy atom. The van der Waals surface area contributed by atoms with Crippen LogP contribution >= 0.6 is 0 Å². The van der Waals surface area contributed by atoms with E-state index in [4.69, 9.17) is 0 Å². The van der Waals surface area contributed by atoms with Crippen molar-refractivity contribution in [3.63, 3.8) is 0 Å². The Bertz CT molecular complexity index is 7460. The molecule has 780 valence electrons. The normalized spacial score (nSPS) is 16.8. The highest BCUT2D eigenvalue weighted by atomic mass is 16.2. The van der Waals surface area contributed by atoms with Gasteiger partial charge < -0.3 is 28.9 Å². The van der Waals surface area contributed by atoms with E-state index < -0.39 is 0 Å². The number of aryl methyl sites for hydroxylation is 17. The third kappa shape index (κ3) is 24.4. The number of hydrogen-bond acceptors (Lipinski definition) is 16. The molecule has 1 saturated heterocycles. The van der Waals surface area contributed by atoms with E-state index in [0.29, 0.717) is 69.5 Å². The first-order chi connectivity index (χ1) is 71.1. The summed E-state index contributed by atoms with van der Waals surface area (Å²) in [5, 5.41) is 6.31. The maximum Gasteiger partial charge on any atom is 0.332 e. The first kappa shape index (κ1) is 107. The van der Waals surface area contributed by atoms with Crippen molar-refractivity contribution in [2.75, 3.05) is 13.1 Å². The minimum absolute atomic E-state index is 0.0897. The Kier molecular flexibility index (Phi) is 35.9. The number of nitrogens with zero attached hydrogens (tertiary/aromatic N) is 18. The molecule has 2 amide bonds. The van der Waals surface area contributed by atoms with Gasteiger partial charge in [0.15, 0.2) is 44.7 Å². The maximum atomic E-state index is 12.5. The van der Waals surface area contributed by atoms with E-state index in [0.717, 1.165) is 169 Å². The molecular weight excluding hydrogens is 1850 g/mol. The molecule has 0 saturated carbocycles. The first-order valence-electron chi connectivity index (χ1n) is 54.2. The predicted octanol–water partition coefficient (Wildman–Crippen LogP) is 16.4. The third-order valence-corrected chi connectivity index (χ3v) is 32.4. The molecule has 5 aromatic carbocycles. The number of imidazole rings is 4. The highest BCUT2D eigenvalue weighted by Crippen LogP contribution is 2.41. The van der Waals surface area contributed by atoms with Crippen molar-refractivity contribution < 1.29 is 9.59 Å². The van der Waals surface area contributed by atoms with Crippen molar-refractivity contribution in [1.82, 2.24) is 95.3 Å². The van der Waals surface area contributed by atoms with Crippen molar-refractivity contribution >= 4 is 56.5 Å². The van der Waals surface area contributed by atoms with Crippen LogP contribution < -0.4 is 55.6 Å². The average molecular weight is 2000 g/mol. The van der Waals surface area contributed by atoms with Crippen molar-refractivity contribution in [1.29, 1.82) is 0 Å². The van der Waals surface area contributed by atoms with Crippen LogP contribution in [0, 0.1) is 0 Å². The number of hydrogen-bond donors (Lipinski definition) is 2. The molecule has 1 fully saturated rings. The van der Waals surface area contributed by atoms with Crippen LogP contribution in [-0.2, 0) is 152 Å². The monoisotopic (exact) mass is 2000 g/mol. The van der Waals surface area contributed by atoms with Gasteiger partial charge in [0.05, 0.1) is 12.1 Å². The molecule has 9 aromatic heterocycles. The number of carbonyl (C=O) groups excluding carboxylic acids is 2. The number of unbranched alkanes of at least 4 members (excludes halogenated alkanes) is 14. The van der Waals surface area contributed by atoms with Gasteiger partial charge in [0, 0.05) is 142 Å². The number of carbonyl (C=O) groups is 2. The number of likely N-dealkylation sites (tertiary alicyclic amines) is 1. The summed E-state index contributed by atoms with van der Waals surface area (Å²) >= 11 is 0. The second kappa shape index (κ2) is 49.5. The molecule has 1 aliphatic heterocycles. The lowest BCUT2D eigenvalue weighted by molar-refractivity contribution is -0.123. The fourth-order valence-corrected chi connectivity index (χ4v) is 23.8. The number of pyridine rings is 1. The van der Waals surface area contributed by atoms with Gasteiger partial charge in [-0.2, -0.15) is 0 Å². The zero-order valence-corrected chi connectivity index (χ0v) is 88.7. The minimum Gasteiger partial charge on any atom is -0.349 e. The predicted molar refractivity (Wildman–Crippen MR) is 582 cm³/mol. The van der Waals surface area contributed by atoms with Gasteiger partial charge in [-0.25, -0.2) is 39.1 Å². The fraction of sp³-hybridized carbons (Fsp3) is 0.513. The Morgan fingerprint density at radius 2 is 0.585 bits per heavy atom. The molecule has 0 bridgehead atoms. The zero-order chi connectivity index (χ0) is 104. The van der Waals surface area contributed by atoms with Crippen molar-refractivity contribution in [2.24, 2.45) is 84.6 Å². The topological polar surface area (TPSA) is 322 Å². The quantitative estimate of drug-likeness (QED) is 0.0342. The van der Waals surface area contributed by atoms with E-state index >= 15 is 0 Å². The lowest BCUT2D eigenvalue weighted by Crippen LogP contribution is -2.37. The third-order valence-electron chi connectivity index (χ3n) is 32.4. The van der Waals surface area contributed by atoms with Crippen molar-refractivity contribution in [2.45, 2.75) is 293 Å². The van der Waals surface area contributed by atoms with E-state index in [-0.39, 0.29) is 68.9 Å². The molecule has 30 heteroatoms. The maximum absolute atomic E-state index is 12.5. The molecule has 30 nitrogen and oxygen atoms in total. The Labute approximate surface area is 860 Å². The highest BCUT2D eigenvalue weighted by molar-refractivity contribution is 5.78. The molecule has 20 rings (SSSR count). The van der Waals surface area contributed by atoms with Gasteiger partial charge in [-0.15, -0.1) is 0 Å². The Balaban J connectivity index is 0.000000131. The number of nitrogens with one attached hydrogen (secondary N) is 2. The van der Waals surface area contributed by atoms with E-state index in [1.165, 1.54) is 221 Å². The van der Waals surface area contributed by atoms with E-state index in [9.17, 15) is 47.9 Å². The summed E-state index contributed by atoms with van der Waals surface area (Å²) in [6.07, 6.45) is 47.8. The number of rotatable bonds is 37. The van der Waals surface area contributed by atoms with Crippen LogP contribution in [0.5, 0.6) is 0 Å². The van der Waals surface area contributed by atoms with Crippen molar-refractivity contribution in [3.8, 4) is 0 Å². The van der Waals surface area contributed by atoms with Crippen LogP contribution in [-0.4, -0.2) is 110 Å². The summed E-state index contributed by atoms with van der Waals surface area (Å²) in [6.45, 7) is 2.17. The van der Waals surface area contributed by atoms with E-state index in [1.807, 2.05) is 77.1 Å². The zero-order valence-electron chi connectivity index (χ0n) is 88.7. The Hall–Kier alpha value is -13.3. The molecule has 0 spiro atoms. The van der Waals surface area contributed by atoms with Crippen LogP contribution in [0.3, 0.4) is 0 Å². The summed E-state index contributed by atoms with van der Waals surface area (Å²) in [6, 6.07) is 48.4. The molecule has 0 radical (unpaired) electrons. The largest absolute Gasteiger partial charge is 0.349 e. The van der Waals surface area contributed by atoms with Gasteiger partial charge in [-0.3, -0.25) is 75.2 Å². The highest BCUT2D eigenvalue weighted by Gasteiger charge is 2.31. The van der Waals surface area contributed by atoms with Crippen LogP contribution in [0.2, 0.25) is 0 Å². The van der Waals surface area contributed by atoms with Gasteiger partial charge in [0.1, 0.15) is 23.3 Å². The number of aromatic nitrogens is 17. The molecule has 6 atom stereocenters. The van der Waals surface area contributed by atoms with Gasteiger partial charge >= 0.3 is 22.8 Å². The van der Waals surface area contributed by atoms with Gasteiger partial charge in [-0.05, 0) is 239 Å². The second-order valence-electron chi connectivity index (χ2n) is 41.9. The molecule has 2 N–H and O–H groups in total. The van der Waals surface area contributed by atoms with Gasteiger partial charge in [-0.1, -0.05) is 204 Å². The van der Waals surface area contributed by atoms with Gasteiger partial charge in [0.25, 0.3) is 22.2 Å². The number of benzene rings is 5. The standard InChI is InChI=1S/C26H36N4O2.C24H32N4O2.C24H28N2O2.C22H28N4O2.C21H28N6O2/c1-28-22(27-24-23(28)25(31)30(3)26(32)29(24)2)16-10-8-6-4-5-7-9-13-19-17-18-20-14-11-12-15-21(19)20;1-26-20(25-22-21(26)23(29)28(3)24(30)27(22)2)14-8-6-4-5-7-11-17-15-16-18-12-9-10-13-19(17)18;27-23(25-21-15-13-17-7-1-3-9-19(17)21)11-5-6-12-24(28)26-22-16-14-18-8-2-4-10-20(18)22;1-24-18(23-20-19(24)21(27)26(3)22(28)25(20)2)12-6-4-5-9-15-13-14-16-10-7-8-11-17(15)16;1-24-17(23-19-18(24)20(28)26(3)21(29)25(19)2)10-4-5-12-27-13-7-9-16(27)15-8-6-11-22-14-15/h11-12,14-15,19H,4-10,13,16-18H2,1-3H3;9-10,12-13,17H,4-8,11,14-16H2,1-3H3;1-4,7-10,21-22H,5-6,11-16H2,(H,25,27)(H,26,28);7-8,10-11,15H,4-6,9,12-14H2,1-3H3;6,8,11,14,16H,4-5,7,9-10,12-13H2,1-3H3. The van der Waals surface area contributed by atoms with E-state index in [1.54, 1.807) is 56.0 Å². The summed E-state index contributed by atoms with van der Waals surface area (Å²) in [5.41, 5.74) is 17.4. The fourth-order valence-electron chi connectivity index (χ4n) is 23.8. The lowest BCUT2D eigenvalue weighted by Gasteiger charge is -2.24. The molecule has 6 aliphatic rings. The smallest absolute Gasteiger partial charge is 0.332 e. The van der Waals surface area contributed by atoms with Gasteiger partial charge in [0.2, 0.25) is 11.8 Å². The average Bonchev–Trinajstić information content (AvgIpc) is 1.55.